The first-order valence-corrected chi connectivity index (χ1v) is 2.94. The average Bonchev–Trinajstić information content (AvgIpc) is 2.52. The molecule has 0 aliphatic rings. The molecule has 1 N–H and O–H groups in total. The number of rotatable bonds is 2. The second-order valence-electron chi connectivity index (χ2n) is 1.75. The van der Waals surface area contributed by atoms with Crippen LogP contribution in [0.2, 0.25) is 0 Å². The van der Waals surface area contributed by atoms with Crippen LogP contribution in [0.4, 0.5) is 0 Å². The second-order valence-corrected chi connectivity index (χ2v) is 1.75. The predicted octanol–water partition coefficient (Wildman–Crippen LogP) is -0.00910. The molecule has 0 saturated carbocycles. The highest BCUT2D eigenvalue weighted by atomic mass is 16.5. The fraction of sp³-hybridized carbons (Fsp3) is 0.167. The van der Waals surface area contributed by atoms with Gasteiger partial charge in [-0.05, 0) is 6.08 Å². The summed E-state index contributed by atoms with van der Waals surface area (Å²) in [5.74, 6) is -0.409. The minimum atomic E-state index is -0.409. The Balaban J connectivity index is 2.55. The number of carbonyl (C=O) groups is 1. The molecule has 0 aromatic carbocycles. The molecule has 1 aromatic heterocycles. The number of esters is 1. The van der Waals surface area contributed by atoms with Crippen molar-refractivity contribution in [1.29, 1.82) is 0 Å². The lowest BCUT2D eigenvalue weighted by Gasteiger charge is -1.86. The summed E-state index contributed by atoms with van der Waals surface area (Å²) in [5, 5.41) is 9.65. The van der Waals surface area contributed by atoms with Gasteiger partial charge in [0, 0.05) is 6.08 Å². The molecule has 0 spiro atoms. The molecule has 58 valence electrons. The van der Waals surface area contributed by atoms with Crippen LogP contribution in [-0.2, 0) is 9.53 Å². The fourth-order valence-corrected chi connectivity index (χ4v) is 0.512. The summed E-state index contributed by atoms with van der Waals surface area (Å²) < 4.78 is 4.36. The molecule has 5 nitrogen and oxygen atoms in total. The Hall–Kier alpha value is -1.65. The van der Waals surface area contributed by atoms with E-state index in [1.165, 1.54) is 25.5 Å². The van der Waals surface area contributed by atoms with Gasteiger partial charge >= 0.3 is 5.97 Å². The lowest BCUT2D eigenvalue weighted by atomic mass is 10.4. The molecule has 0 radical (unpaired) electrons. The van der Waals surface area contributed by atoms with Crippen molar-refractivity contribution in [3.8, 4) is 0 Å². The third kappa shape index (κ3) is 2.21. The SMILES string of the molecule is COC(=O)/C=C/c1cn[nH]n1. The van der Waals surface area contributed by atoms with Gasteiger partial charge in [-0.3, -0.25) is 0 Å². The number of carbonyl (C=O) groups excluding carboxylic acids is 1. The van der Waals surface area contributed by atoms with Gasteiger partial charge in [-0.25, -0.2) is 4.79 Å². The van der Waals surface area contributed by atoms with E-state index in [-0.39, 0.29) is 0 Å². The van der Waals surface area contributed by atoms with Gasteiger partial charge in [0.05, 0.1) is 13.3 Å². The molecular weight excluding hydrogens is 146 g/mol. The van der Waals surface area contributed by atoms with E-state index in [4.69, 9.17) is 0 Å². The lowest BCUT2D eigenvalue weighted by molar-refractivity contribution is -0.134. The number of aromatic amines is 1. The van der Waals surface area contributed by atoms with E-state index in [0.29, 0.717) is 5.69 Å². The second kappa shape index (κ2) is 3.50. The lowest BCUT2D eigenvalue weighted by Crippen LogP contribution is -1.93. The number of methoxy groups -OCH3 is 1. The Kier molecular flexibility index (Phi) is 2.37. The van der Waals surface area contributed by atoms with Crippen LogP contribution < -0.4 is 0 Å². The monoisotopic (exact) mass is 153 g/mol. The Morgan fingerprint density at radius 1 is 1.82 bits per heavy atom. The van der Waals surface area contributed by atoms with Crippen molar-refractivity contribution >= 4 is 12.0 Å². The highest BCUT2D eigenvalue weighted by Gasteiger charge is 1.92. The van der Waals surface area contributed by atoms with E-state index in [1.54, 1.807) is 0 Å². The number of ether oxygens (including phenoxy) is 1. The van der Waals surface area contributed by atoms with Crippen molar-refractivity contribution in [3.05, 3.63) is 18.0 Å². The summed E-state index contributed by atoms with van der Waals surface area (Å²) in [4.78, 5) is 10.5. The van der Waals surface area contributed by atoms with E-state index in [2.05, 4.69) is 20.1 Å². The first-order chi connectivity index (χ1) is 5.33. The minimum absolute atomic E-state index is 0.409. The molecule has 11 heavy (non-hydrogen) atoms. The van der Waals surface area contributed by atoms with Crippen LogP contribution >= 0.6 is 0 Å². The van der Waals surface area contributed by atoms with Crippen molar-refractivity contribution in [2.24, 2.45) is 0 Å². The van der Waals surface area contributed by atoms with Crippen LogP contribution in [-0.4, -0.2) is 28.5 Å². The van der Waals surface area contributed by atoms with E-state index in [0.717, 1.165) is 0 Å². The molecular formula is C6H7N3O2. The number of hydrogen-bond donors (Lipinski definition) is 1. The topological polar surface area (TPSA) is 67.9 Å². The van der Waals surface area contributed by atoms with Crippen LogP contribution in [0.1, 0.15) is 5.69 Å². The van der Waals surface area contributed by atoms with Gasteiger partial charge in [0.1, 0.15) is 5.69 Å². The van der Waals surface area contributed by atoms with Gasteiger partial charge in [0.2, 0.25) is 0 Å². The van der Waals surface area contributed by atoms with Crippen LogP contribution in [0.5, 0.6) is 0 Å². The molecule has 0 amide bonds. The maximum atomic E-state index is 10.5. The number of hydrogen-bond acceptors (Lipinski definition) is 4. The normalized spacial score (nSPS) is 10.3. The summed E-state index contributed by atoms with van der Waals surface area (Å²) >= 11 is 0. The molecule has 1 heterocycles. The van der Waals surface area contributed by atoms with Gasteiger partial charge in [-0.15, -0.1) is 0 Å². The Bertz CT molecular complexity index is 253. The van der Waals surface area contributed by atoms with Crippen LogP contribution in [0.25, 0.3) is 6.08 Å². The van der Waals surface area contributed by atoms with Gasteiger partial charge < -0.3 is 4.74 Å². The zero-order chi connectivity index (χ0) is 8.10. The number of nitrogens with zero attached hydrogens (tertiary/aromatic N) is 2. The molecule has 0 atom stereocenters. The van der Waals surface area contributed by atoms with Gasteiger partial charge in [0.15, 0.2) is 0 Å². The summed E-state index contributed by atoms with van der Waals surface area (Å²) in [6.07, 6.45) is 4.28. The summed E-state index contributed by atoms with van der Waals surface area (Å²) in [7, 11) is 1.31. The summed E-state index contributed by atoms with van der Waals surface area (Å²) in [6, 6.07) is 0. The highest BCUT2D eigenvalue weighted by molar-refractivity contribution is 5.86. The number of nitrogens with one attached hydrogen (secondary N) is 1. The molecule has 0 fully saturated rings. The molecule has 0 saturated heterocycles. The summed E-state index contributed by atoms with van der Waals surface area (Å²) in [5.41, 5.74) is 0.593. The fourth-order valence-electron chi connectivity index (χ4n) is 0.512. The first-order valence-electron chi connectivity index (χ1n) is 2.94. The van der Waals surface area contributed by atoms with Crippen LogP contribution in [0.15, 0.2) is 12.3 Å². The van der Waals surface area contributed by atoms with Crippen LogP contribution in [0.3, 0.4) is 0 Å². The Morgan fingerprint density at radius 3 is 3.18 bits per heavy atom. The van der Waals surface area contributed by atoms with E-state index >= 15 is 0 Å². The smallest absolute Gasteiger partial charge is 0.330 e. The van der Waals surface area contributed by atoms with Crippen LogP contribution in [0, 0.1) is 0 Å². The van der Waals surface area contributed by atoms with E-state index in [9.17, 15) is 4.79 Å². The van der Waals surface area contributed by atoms with Gasteiger partial charge in [-0.1, -0.05) is 0 Å². The molecule has 0 aliphatic carbocycles. The number of aromatic nitrogens is 3. The molecule has 0 unspecified atom stereocenters. The van der Waals surface area contributed by atoms with Gasteiger partial charge in [0.25, 0.3) is 0 Å². The van der Waals surface area contributed by atoms with Gasteiger partial charge in [-0.2, -0.15) is 15.4 Å². The zero-order valence-corrected chi connectivity index (χ0v) is 5.94. The number of H-pyrrole nitrogens is 1. The predicted molar refractivity (Wildman–Crippen MR) is 37.4 cm³/mol. The quantitative estimate of drug-likeness (QED) is 0.479. The van der Waals surface area contributed by atoms with Crippen molar-refractivity contribution in [3.63, 3.8) is 0 Å². The third-order valence-corrected chi connectivity index (χ3v) is 1.03. The summed E-state index contributed by atoms with van der Waals surface area (Å²) in [6.45, 7) is 0. The molecule has 0 aliphatic heterocycles. The Morgan fingerprint density at radius 2 is 2.64 bits per heavy atom. The zero-order valence-electron chi connectivity index (χ0n) is 5.94. The molecule has 0 bridgehead atoms. The first kappa shape index (κ1) is 7.46. The van der Waals surface area contributed by atoms with Crippen molar-refractivity contribution < 1.29 is 9.53 Å². The molecule has 1 aromatic rings. The van der Waals surface area contributed by atoms with E-state index < -0.39 is 5.97 Å². The molecule has 5 heteroatoms. The maximum Gasteiger partial charge on any atom is 0.330 e. The molecule has 1 rings (SSSR count). The highest BCUT2D eigenvalue weighted by Crippen LogP contribution is 1.92. The van der Waals surface area contributed by atoms with Crippen molar-refractivity contribution in [2.45, 2.75) is 0 Å². The van der Waals surface area contributed by atoms with E-state index in [1.807, 2.05) is 0 Å². The maximum absolute atomic E-state index is 10.5. The third-order valence-electron chi connectivity index (χ3n) is 1.03. The Labute approximate surface area is 63.1 Å². The van der Waals surface area contributed by atoms with Crippen molar-refractivity contribution in [1.82, 2.24) is 15.4 Å². The minimum Gasteiger partial charge on any atom is -0.466 e. The standard InChI is InChI=1S/C6H7N3O2/c1-11-6(10)3-2-5-4-7-9-8-5/h2-4H,1H3,(H,7,8,9)/b3-2+. The average molecular weight is 153 g/mol. The largest absolute Gasteiger partial charge is 0.466 e. The van der Waals surface area contributed by atoms with Crippen molar-refractivity contribution in [2.75, 3.05) is 7.11 Å².